The summed E-state index contributed by atoms with van der Waals surface area (Å²) >= 11 is 1.54. The summed E-state index contributed by atoms with van der Waals surface area (Å²) in [6, 6.07) is 10.0. The Morgan fingerprint density at radius 1 is 1.25 bits per heavy atom. The number of amides is 1. The second kappa shape index (κ2) is 5.75. The highest BCUT2D eigenvalue weighted by molar-refractivity contribution is 7.13. The number of carbonyl (C=O) groups is 1. The quantitative estimate of drug-likeness (QED) is 0.843. The van der Waals surface area contributed by atoms with E-state index in [4.69, 9.17) is 0 Å². The SMILES string of the molecule is CC1CCN(C(=O)c2csc(-c3ccccc3)n2)CC1. The molecule has 1 aliphatic rings. The van der Waals surface area contributed by atoms with Gasteiger partial charge in [-0.3, -0.25) is 4.79 Å². The first-order valence-electron chi connectivity index (χ1n) is 7.04. The number of aromatic nitrogens is 1. The Bertz CT molecular complexity index is 586. The van der Waals surface area contributed by atoms with Crippen LogP contribution in [0.2, 0.25) is 0 Å². The number of thiazole rings is 1. The minimum Gasteiger partial charge on any atom is -0.337 e. The van der Waals surface area contributed by atoms with Gasteiger partial charge in [-0.25, -0.2) is 4.98 Å². The summed E-state index contributed by atoms with van der Waals surface area (Å²) in [6.07, 6.45) is 2.20. The van der Waals surface area contributed by atoms with Crippen molar-refractivity contribution >= 4 is 17.2 Å². The molecule has 0 saturated carbocycles. The molecule has 0 spiro atoms. The topological polar surface area (TPSA) is 33.2 Å². The Labute approximate surface area is 123 Å². The first-order chi connectivity index (χ1) is 9.74. The van der Waals surface area contributed by atoms with Crippen molar-refractivity contribution in [1.29, 1.82) is 0 Å². The van der Waals surface area contributed by atoms with Gasteiger partial charge in [0.2, 0.25) is 0 Å². The lowest BCUT2D eigenvalue weighted by Gasteiger charge is -2.29. The molecule has 1 aromatic heterocycles. The lowest BCUT2D eigenvalue weighted by molar-refractivity contribution is 0.0692. The molecular weight excluding hydrogens is 268 g/mol. The van der Waals surface area contributed by atoms with Crippen molar-refractivity contribution in [2.45, 2.75) is 19.8 Å². The van der Waals surface area contributed by atoms with Crippen LogP contribution in [-0.2, 0) is 0 Å². The Hall–Kier alpha value is -1.68. The van der Waals surface area contributed by atoms with E-state index in [9.17, 15) is 4.79 Å². The molecule has 3 rings (SSSR count). The van der Waals surface area contributed by atoms with Crippen LogP contribution >= 0.6 is 11.3 Å². The lowest BCUT2D eigenvalue weighted by atomic mass is 9.99. The number of rotatable bonds is 2. The van der Waals surface area contributed by atoms with Crippen molar-refractivity contribution in [2.75, 3.05) is 13.1 Å². The third kappa shape index (κ3) is 2.75. The molecule has 1 aliphatic heterocycles. The van der Waals surface area contributed by atoms with Gasteiger partial charge in [-0.05, 0) is 18.8 Å². The fourth-order valence-electron chi connectivity index (χ4n) is 2.46. The van der Waals surface area contributed by atoms with E-state index in [0.29, 0.717) is 5.69 Å². The van der Waals surface area contributed by atoms with E-state index in [-0.39, 0.29) is 5.91 Å². The maximum Gasteiger partial charge on any atom is 0.273 e. The van der Waals surface area contributed by atoms with E-state index in [1.54, 1.807) is 0 Å². The largest absolute Gasteiger partial charge is 0.337 e. The van der Waals surface area contributed by atoms with Crippen molar-refractivity contribution in [3.63, 3.8) is 0 Å². The van der Waals surface area contributed by atoms with E-state index in [2.05, 4.69) is 11.9 Å². The normalized spacial score (nSPS) is 16.4. The van der Waals surface area contributed by atoms with Gasteiger partial charge < -0.3 is 4.90 Å². The maximum absolute atomic E-state index is 12.4. The van der Waals surface area contributed by atoms with Crippen LogP contribution < -0.4 is 0 Å². The van der Waals surface area contributed by atoms with Crippen LogP contribution in [0.4, 0.5) is 0 Å². The summed E-state index contributed by atoms with van der Waals surface area (Å²) in [5.74, 6) is 0.810. The molecule has 104 valence electrons. The van der Waals surface area contributed by atoms with Gasteiger partial charge in [-0.1, -0.05) is 37.3 Å². The number of benzene rings is 1. The minimum atomic E-state index is 0.0790. The molecule has 0 N–H and O–H groups in total. The van der Waals surface area contributed by atoms with Crippen molar-refractivity contribution in [2.24, 2.45) is 5.92 Å². The van der Waals surface area contributed by atoms with Crippen molar-refractivity contribution in [3.05, 3.63) is 41.4 Å². The molecule has 1 amide bonds. The van der Waals surface area contributed by atoms with Crippen LogP contribution in [0.5, 0.6) is 0 Å². The van der Waals surface area contributed by atoms with Crippen LogP contribution in [0, 0.1) is 5.92 Å². The van der Waals surface area contributed by atoms with E-state index < -0.39 is 0 Å². The first-order valence-corrected chi connectivity index (χ1v) is 7.92. The molecule has 0 aliphatic carbocycles. The number of carbonyl (C=O) groups excluding carboxylic acids is 1. The van der Waals surface area contributed by atoms with Crippen molar-refractivity contribution in [1.82, 2.24) is 9.88 Å². The standard InChI is InChI=1S/C16H18N2OS/c1-12-7-9-18(10-8-12)16(19)14-11-20-15(17-14)13-5-3-2-4-6-13/h2-6,11-12H,7-10H2,1H3. The van der Waals surface area contributed by atoms with Crippen LogP contribution in [0.25, 0.3) is 10.6 Å². The van der Waals surface area contributed by atoms with Crippen LogP contribution in [0.3, 0.4) is 0 Å². The molecular formula is C16H18N2OS. The Morgan fingerprint density at radius 3 is 2.65 bits per heavy atom. The fourth-order valence-corrected chi connectivity index (χ4v) is 3.26. The van der Waals surface area contributed by atoms with Crippen molar-refractivity contribution < 1.29 is 4.79 Å². The number of hydrogen-bond donors (Lipinski definition) is 0. The predicted octanol–water partition coefficient (Wildman–Crippen LogP) is 3.68. The summed E-state index contributed by atoms with van der Waals surface area (Å²) in [4.78, 5) is 18.9. The van der Waals surface area contributed by atoms with Crippen molar-refractivity contribution in [3.8, 4) is 10.6 Å². The fraction of sp³-hybridized carbons (Fsp3) is 0.375. The third-order valence-corrected chi connectivity index (χ3v) is 4.71. The number of piperidine rings is 1. The summed E-state index contributed by atoms with van der Waals surface area (Å²) in [7, 11) is 0. The Morgan fingerprint density at radius 2 is 1.95 bits per heavy atom. The summed E-state index contributed by atoms with van der Waals surface area (Å²) in [5.41, 5.74) is 1.66. The summed E-state index contributed by atoms with van der Waals surface area (Å²) < 4.78 is 0. The number of likely N-dealkylation sites (tertiary alicyclic amines) is 1. The molecule has 2 aromatic rings. The minimum absolute atomic E-state index is 0.0790. The van der Waals surface area contributed by atoms with Gasteiger partial charge in [0.25, 0.3) is 5.91 Å². The van der Waals surface area contributed by atoms with E-state index in [1.165, 1.54) is 11.3 Å². The average Bonchev–Trinajstić information content (AvgIpc) is 2.98. The predicted molar refractivity (Wildman–Crippen MR) is 81.9 cm³/mol. The smallest absolute Gasteiger partial charge is 0.273 e. The summed E-state index contributed by atoms with van der Waals surface area (Å²) in [5, 5.41) is 2.79. The second-order valence-corrected chi connectivity index (χ2v) is 6.24. The van der Waals surface area contributed by atoms with Crippen LogP contribution in [0.15, 0.2) is 35.7 Å². The number of hydrogen-bond acceptors (Lipinski definition) is 3. The van der Waals surface area contributed by atoms with Gasteiger partial charge in [0.1, 0.15) is 10.7 Å². The monoisotopic (exact) mass is 286 g/mol. The van der Waals surface area contributed by atoms with Gasteiger partial charge in [-0.2, -0.15) is 0 Å². The van der Waals surface area contributed by atoms with Gasteiger partial charge in [0.05, 0.1) is 0 Å². The van der Waals surface area contributed by atoms with Gasteiger partial charge in [0.15, 0.2) is 0 Å². The zero-order valence-corrected chi connectivity index (χ0v) is 12.4. The second-order valence-electron chi connectivity index (χ2n) is 5.38. The van der Waals surface area contributed by atoms with E-state index >= 15 is 0 Å². The van der Waals surface area contributed by atoms with Crippen LogP contribution in [0.1, 0.15) is 30.3 Å². The Balaban J connectivity index is 1.75. The highest BCUT2D eigenvalue weighted by Crippen LogP contribution is 2.25. The molecule has 1 fully saturated rings. The Kier molecular flexibility index (Phi) is 3.83. The molecule has 0 unspecified atom stereocenters. The highest BCUT2D eigenvalue weighted by atomic mass is 32.1. The number of nitrogens with zero attached hydrogens (tertiary/aromatic N) is 2. The molecule has 0 bridgehead atoms. The van der Waals surface area contributed by atoms with E-state index in [0.717, 1.165) is 42.4 Å². The molecule has 20 heavy (non-hydrogen) atoms. The van der Waals surface area contributed by atoms with Crippen LogP contribution in [-0.4, -0.2) is 28.9 Å². The molecule has 1 aromatic carbocycles. The maximum atomic E-state index is 12.4. The molecule has 1 saturated heterocycles. The lowest BCUT2D eigenvalue weighted by Crippen LogP contribution is -2.38. The van der Waals surface area contributed by atoms with Gasteiger partial charge in [0, 0.05) is 24.0 Å². The summed E-state index contributed by atoms with van der Waals surface area (Å²) in [6.45, 7) is 3.97. The van der Waals surface area contributed by atoms with Gasteiger partial charge in [-0.15, -0.1) is 11.3 Å². The molecule has 2 heterocycles. The molecule has 0 atom stereocenters. The zero-order chi connectivity index (χ0) is 13.9. The highest BCUT2D eigenvalue weighted by Gasteiger charge is 2.23. The third-order valence-electron chi connectivity index (χ3n) is 3.81. The first kappa shape index (κ1) is 13.3. The molecule has 0 radical (unpaired) electrons. The molecule has 4 heteroatoms. The molecule has 3 nitrogen and oxygen atoms in total. The van der Waals surface area contributed by atoms with Gasteiger partial charge >= 0.3 is 0 Å². The van der Waals surface area contributed by atoms with E-state index in [1.807, 2.05) is 40.6 Å². The zero-order valence-electron chi connectivity index (χ0n) is 11.6. The average molecular weight is 286 g/mol.